The van der Waals surface area contributed by atoms with Crippen molar-refractivity contribution in [2.24, 2.45) is 0 Å². The van der Waals surface area contributed by atoms with Crippen LogP contribution in [-0.2, 0) is 11.2 Å². The fourth-order valence-corrected chi connectivity index (χ4v) is 2.19. The number of hydrogen-bond donors (Lipinski definition) is 1. The average Bonchev–Trinajstić information content (AvgIpc) is 2.61. The molecule has 0 atom stereocenters. The highest BCUT2D eigenvalue weighted by molar-refractivity contribution is 5.78. The number of amides is 1. The number of nitrogens with one attached hydrogen (secondary N) is 1. The van der Waals surface area contributed by atoms with Gasteiger partial charge in [0.2, 0.25) is 5.91 Å². The molecule has 0 radical (unpaired) electrons. The molecule has 1 aliphatic rings. The highest BCUT2D eigenvalue weighted by atomic mass is 19.1. The quantitative estimate of drug-likeness (QED) is 0.890. The summed E-state index contributed by atoms with van der Waals surface area (Å²) in [6.45, 7) is 2.67. The summed E-state index contributed by atoms with van der Waals surface area (Å²) in [4.78, 5) is 13.6. The van der Waals surface area contributed by atoms with E-state index in [1.165, 1.54) is 13.2 Å². The van der Waals surface area contributed by atoms with E-state index in [4.69, 9.17) is 4.74 Å². The first-order chi connectivity index (χ1) is 9.20. The Labute approximate surface area is 112 Å². The predicted molar refractivity (Wildman–Crippen MR) is 70.7 cm³/mol. The van der Waals surface area contributed by atoms with Crippen molar-refractivity contribution in [2.75, 3.05) is 33.3 Å². The number of halogens is 1. The van der Waals surface area contributed by atoms with Crippen LogP contribution in [0.2, 0.25) is 0 Å². The number of nitrogens with zero attached hydrogens (tertiary/aromatic N) is 1. The van der Waals surface area contributed by atoms with Gasteiger partial charge in [-0.1, -0.05) is 6.07 Å². The molecule has 2 rings (SSSR count). The van der Waals surface area contributed by atoms with E-state index in [-0.39, 0.29) is 17.5 Å². The van der Waals surface area contributed by atoms with Crippen LogP contribution in [0.25, 0.3) is 0 Å². The van der Waals surface area contributed by atoms with Crippen LogP contribution in [0.1, 0.15) is 12.0 Å². The van der Waals surface area contributed by atoms with E-state index in [2.05, 4.69) is 5.32 Å². The SMILES string of the molecule is COc1ccc(CCN2CCCNCC2=O)cc1F. The molecule has 1 amide bonds. The lowest BCUT2D eigenvalue weighted by atomic mass is 10.1. The third kappa shape index (κ3) is 3.67. The molecule has 0 bridgehead atoms. The second kappa shape index (κ2) is 6.52. The zero-order valence-corrected chi connectivity index (χ0v) is 11.1. The summed E-state index contributed by atoms with van der Waals surface area (Å²) in [5.41, 5.74) is 0.878. The maximum absolute atomic E-state index is 13.5. The minimum absolute atomic E-state index is 0.117. The molecule has 0 aromatic heterocycles. The number of benzene rings is 1. The van der Waals surface area contributed by atoms with Crippen LogP contribution in [0.3, 0.4) is 0 Å². The Morgan fingerprint density at radius 2 is 2.32 bits per heavy atom. The molecular formula is C14H19FN2O2. The number of methoxy groups -OCH3 is 1. The Bertz CT molecular complexity index is 451. The number of ether oxygens (including phenoxy) is 1. The molecule has 1 saturated heterocycles. The van der Waals surface area contributed by atoms with Crippen LogP contribution in [0.5, 0.6) is 5.75 Å². The van der Waals surface area contributed by atoms with Gasteiger partial charge in [0.05, 0.1) is 13.7 Å². The van der Waals surface area contributed by atoms with Crippen molar-refractivity contribution in [2.45, 2.75) is 12.8 Å². The Morgan fingerprint density at radius 1 is 1.47 bits per heavy atom. The molecule has 0 saturated carbocycles. The minimum atomic E-state index is -0.358. The van der Waals surface area contributed by atoms with Crippen molar-refractivity contribution in [3.63, 3.8) is 0 Å². The van der Waals surface area contributed by atoms with Crippen molar-refractivity contribution in [1.29, 1.82) is 0 Å². The van der Waals surface area contributed by atoms with Gasteiger partial charge in [0, 0.05) is 13.1 Å². The smallest absolute Gasteiger partial charge is 0.236 e. The standard InChI is InChI=1S/C14H19FN2O2/c1-19-13-4-3-11(9-12(13)15)5-8-17-7-2-6-16-10-14(17)18/h3-4,9,16H,2,5-8,10H2,1H3. The summed E-state index contributed by atoms with van der Waals surface area (Å²) in [5.74, 6) is 0.00846. The lowest BCUT2D eigenvalue weighted by molar-refractivity contribution is -0.129. The monoisotopic (exact) mass is 266 g/mol. The average molecular weight is 266 g/mol. The fourth-order valence-electron chi connectivity index (χ4n) is 2.19. The summed E-state index contributed by atoms with van der Waals surface area (Å²) in [7, 11) is 1.45. The molecule has 0 unspecified atom stereocenters. The Hall–Kier alpha value is -1.62. The number of carbonyl (C=O) groups is 1. The molecule has 0 aliphatic carbocycles. The van der Waals surface area contributed by atoms with Crippen LogP contribution in [0.4, 0.5) is 4.39 Å². The van der Waals surface area contributed by atoms with Gasteiger partial charge < -0.3 is 15.0 Å². The summed E-state index contributed by atoms with van der Waals surface area (Å²) in [6, 6.07) is 4.93. The summed E-state index contributed by atoms with van der Waals surface area (Å²) < 4.78 is 18.4. The van der Waals surface area contributed by atoms with Crippen LogP contribution in [-0.4, -0.2) is 44.1 Å². The molecule has 104 valence electrons. The van der Waals surface area contributed by atoms with Crippen molar-refractivity contribution in [3.05, 3.63) is 29.6 Å². The molecule has 4 nitrogen and oxygen atoms in total. The maximum atomic E-state index is 13.5. The Balaban J connectivity index is 1.94. The predicted octanol–water partition coefficient (Wildman–Crippen LogP) is 1.20. The molecule has 5 heteroatoms. The van der Waals surface area contributed by atoms with Crippen LogP contribution >= 0.6 is 0 Å². The third-order valence-electron chi connectivity index (χ3n) is 3.30. The maximum Gasteiger partial charge on any atom is 0.236 e. The van der Waals surface area contributed by atoms with Crippen molar-refractivity contribution >= 4 is 5.91 Å². The summed E-state index contributed by atoms with van der Waals surface area (Å²) >= 11 is 0. The van der Waals surface area contributed by atoms with Crippen LogP contribution in [0.15, 0.2) is 18.2 Å². The van der Waals surface area contributed by atoms with E-state index >= 15 is 0 Å². The first kappa shape index (κ1) is 13.8. The van der Waals surface area contributed by atoms with Gasteiger partial charge in [-0.25, -0.2) is 4.39 Å². The summed E-state index contributed by atoms with van der Waals surface area (Å²) in [5, 5.41) is 3.08. The van der Waals surface area contributed by atoms with Crippen LogP contribution < -0.4 is 10.1 Å². The van der Waals surface area contributed by atoms with E-state index in [9.17, 15) is 9.18 Å². The van der Waals surface area contributed by atoms with Gasteiger partial charge in [0.15, 0.2) is 11.6 Å². The Morgan fingerprint density at radius 3 is 3.05 bits per heavy atom. The first-order valence-electron chi connectivity index (χ1n) is 6.51. The highest BCUT2D eigenvalue weighted by Gasteiger charge is 2.15. The third-order valence-corrected chi connectivity index (χ3v) is 3.30. The fraction of sp³-hybridized carbons (Fsp3) is 0.500. The molecule has 1 aliphatic heterocycles. The topological polar surface area (TPSA) is 41.6 Å². The second-order valence-electron chi connectivity index (χ2n) is 4.63. The number of hydrogen-bond acceptors (Lipinski definition) is 3. The molecule has 1 N–H and O–H groups in total. The normalized spacial score (nSPS) is 16.3. The van der Waals surface area contributed by atoms with E-state index < -0.39 is 0 Å². The molecular weight excluding hydrogens is 247 g/mol. The van der Waals surface area contributed by atoms with Gasteiger partial charge in [-0.3, -0.25) is 4.79 Å². The van der Waals surface area contributed by atoms with Gasteiger partial charge in [-0.05, 0) is 37.1 Å². The van der Waals surface area contributed by atoms with Crippen molar-refractivity contribution in [1.82, 2.24) is 10.2 Å². The minimum Gasteiger partial charge on any atom is -0.494 e. The van der Waals surface area contributed by atoms with Gasteiger partial charge in [0.25, 0.3) is 0 Å². The van der Waals surface area contributed by atoms with Gasteiger partial charge in [-0.2, -0.15) is 0 Å². The van der Waals surface area contributed by atoms with Gasteiger partial charge >= 0.3 is 0 Å². The molecule has 1 aromatic rings. The first-order valence-corrected chi connectivity index (χ1v) is 6.51. The molecule has 0 spiro atoms. The Kier molecular flexibility index (Phi) is 4.74. The zero-order chi connectivity index (χ0) is 13.7. The molecule has 1 heterocycles. The number of carbonyl (C=O) groups excluding carboxylic acids is 1. The lowest BCUT2D eigenvalue weighted by Gasteiger charge is -2.20. The molecule has 1 aromatic carbocycles. The zero-order valence-electron chi connectivity index (χ0n) is 11.1. The molecule has 1 fully saturated rings. The van der Waals surface area contributed by atoms with Crippen LogP contribution in [0, 0.1) is 5.82 Å². The number of rotatable bonds is 4. The largest absolute Gasteiger partial charge is 0.494 e. The van der Waals surface area contributed by atoms with E-state index in [1.807, 2.05) is 11.0 Å². The lowest BCUT2D eigenvalue weighted by Crippen LogP contribution is -2.36. The second-order valence-corrected chi connectivity index (χ2v) is 4.63. The van der Waals surface area contributed by atoms with Crippen molar-refractivity contribution < 1.29 is 13.9 Å². The van der Waals surface area contributed by atoms with Gasteiger partial charge in [0.1, 0.15) is 0 Å². The van der Waals surface area contributed by atoms with Gasteiger partial charge in [-0.15, -0.1) is 0 Å². The van der Waals surface area contributed by atoms with Crippen molar-refractivity contribution in [3.8, 4) is 5.75 Å². The molecule has 19 heavy (non-hydrogen) atoms. The highest BCUT2D eigenvalue weighted by Crippen LogP contribution is 2.18. The van der Waals surface area contributed by atoms with E-state index in [0.717, 1.165) is 25.1 Å². The van der Waals surface area contributed by atoms with E-state index in [1.54, 1.807) is 6.07 Å². The summed E-state index contributed by atoms with van der Waals surface area (Å²) in [6.07, 6.45) is 1.62. The van der Waals surface area contributed by atoms with E-state index in [0.29, 0.717) is 19.5 Å².